The molecule has 2 unspecified atom stereocenters. The van der Waals surface area contributed by atoms with Gasteiger partial charge in [-0.3, -0.25) is 0 Å². The molecule has 0 heterocycles. The van der Waals surface area contributed by atoms with E-state index in [0.29, 0.717) is 11.3 Å². The molecule has 1 aliphatic rings. The third kappa shape index (κ3) is 5.54. The van der Waals surface area contributed by atoms with E-state index in [2.05, 4.69) is 35.6 Å². The predicted octanol–water partition coefficient (Wildman–Crippen LogP) is 4.40. The van der Waals surface area contributed by atoms with E-state index in [4.69, 9.17) is 11.6 Å². The van der Waals surface area contributed by atoms with E-state index in [1.807, 2.05) is 0 Å². The first kappa shape index (κ1) is 14.9. The van der Waals surface area contributed by atoms with Crippen molar-refractivity contribution in [2.24, 2.45) is 5.92 Å². The summed E-state index contributed by atoms with van der Waals surface area (Å²) in [7, 11) is 0. The predicted molar refractivity (Wildman–Crippen MR) is 83.8 cm³/mol. The standard InChI is InChI=1S/C17H26ClN/c18-17-12-5-4-11-16(17)14-19-13-7-6-10-15-8-2-1-3-9-15/h1-3,8-9,16-17,19H,4-7,10-14H2. The van der Waals surface area contributed by atoms with Crippen LogP contribution in [0.4, 0.5) is 0 Å². The molecule has 0 aromatic heterocycles. The maximum Gasteiger partial charge on any atom is 0.0376 e. The van der Waals surface area contributed by atoms with Gasteiger partial charge in [0.05, 0.1) is 0 Å². The van der Waals surface area contributed by atoms with Gasteiger partial charge in [-0.05, 0) is 56.7 Å². The second-order valence-electron chi connectivity index (χ2n) is 5.71. The van der Waals surface area contributed by atoms with Crippen LogP contribution in [0.2, 0.25) is 0 Å². The molecule has 1 aromatic rings. The van der Waals surface area contributed by atoms with Gasteiger partial charge in [0.1, 0.15) is 0 Å². The number of halogens is 1. The van der Waals surface area contributed by atoms with Gasteiger partial charge >= 0.3 is 0 Å². The number of hydrogen-bond acceptors (Lipinski definition) is 1. The van der Waals surface area contributed by atoms with Gasteiger partial charge in [0.2, 0.25) is 0 Å². The van der Waals surface area contributed by atoms with Crippen molar-refractivity contribution >= 4 is 11.6 Å². The van der Waals surface area contributed by atoms with Crippen molar-refractivity contribution in [1.82, 2.24) is 5.32 Å². The molecule has 0 aliphatic heterocycles. The molecule has 1 saturated carbocycles. The second-order valence-corrected chi connectivity index (χ2v) is 6.27. The highest BCUT2D eigenvalue weighted by molar-refractivity contribution is 6.20. The number of benzene rings is 1. The van der Waals surface area contributed by atoms with Crippen LogP contribution in [0, 0.1) is 5.92 Å². The van der Waals surface area contributed by atoms with E-state index in [0.717, 1.165) is 13.1 Å². The summed E-state index contributed by atoms with van der Waals surface area (Å²) >= 11 is 6.36. The van der Waals surface area contributed by atoms with Crippen molar-refractivity contribution in [1.29, 1.82) is 0 Å². The molecule has 0 amide bonds. The van der Waals surface area contributed by atoms with E-state index < -0.39 is 0 Å². The van der Waals surface area contributed by atoms with Crippen LogP contribution < -0.4 is 5.32 Å². The van der Waals surface area contributed by atoms with Gasteiger partial charge in [-0.25, -0.2) is 0 Å². The minimum Gasteiger partial charge on any atom is -0.316 e. The Hall–Kier alpha value is -0.530. The normalized spacial score (nSPS) is 23.4. The number of nitrogens with one attached hydrogen (secondary N) is 1. The van der Waals surface area contributed by atoms with Crippen LogP contribution in [0.3, 0.4) is 0 Å². The molecule has 2 heteroatoms. The molecule has 1 aromatic carbocycles. The van der Waals surface area contributed by atoms with Crippen molar-refractivity contribution in [3.05, 3.63) is 35.9 Å². The molecule has 2 atom stereocenters. The van der Waals surface area contributed by atoms with E-state index in [9.17, 15) is 0 Å². The van der Waals surface area contributed by atoms with Crippen molar-refractivity contribution in [2.45, 2.75) is 50.3 Å². The second kappa shape index (κ2) is 8.60. The van der Waals surface area contributed by atoms with Gasteiger partial charge < -0.3 is 5.32 Å². The van der Waals surface area contributed by atoms with Crippen LogP contribution in [0.5, 0.6) is 0 Å². The number of unbranched alkanes of at least 4 members (excludes halogenated alkanes) is 1. The minimum absolute atomic E-state index is 0.408. The van der Waals surface area contributed by atoms with Crippen molar-refractivity contribution < 1.29 is 0 Å². The molecule has 19 heavy (non-hydrogen) atoms. The summed E-state index contributed by atoms with van der Waals surface area (Å²) in [5.41, 5.74) is 1.45. The maximum atomic E-state index is 6.36. The Balaban J connectivity index is 1.50. The van der Waals surface area contributed by atoms with Crippen LogP contribution in [-0.4, -0.2) is 18.5 Å². The molecular formula is C17H26ClN. The summed E-state index contributed by atoms with van der Waals surface area (Å²) in [4.78, 5) is 0. The SMILES string of the molecule is ClC1CCCCC1CNCCCCc1ccccc1. The monoisotopic (exact) mass is 279 g/mol. The largest absolute Gasteiger partial charge is 0.316 e. The van der Waals surface area contributed by atoms with Crippen molar-refractivity contribution in [2.75, 3.05) is 13.1 Å². The maximum absolute atomic E-state index is 6.36. The van der Waals surface area contributed by atoms with Crippen molar-refractivity contribution in [3.63, 3.8) is 0 Å². The van der Waals surface area contributed by atoms with Crippen molar-refractivity contribution in [3.8, 4) is 0 Å². The molecule has 1 N–H and O–H groups in total. The van der Waals surface area contributed by atoms with Gasteiger partial charge in [0.15, 0.2) is 0 Å². The highest BCUT2D eigenvalue weighted by Gasteiger charge is 2.22. The summed E-state index contributed by atoms with van der Waals surface area (Å²) in [5, 5.41) is 4.00. The molecule has 1 fully saturated rings. The van der Waals surface area contributed by atoms with Gasteiger partial charge in [-0.2, -0.15) is 0 Å². The summed E-state index contributed by atoms with van der Waals surface area (Å²) in [6, 6.07) is 10.8. The average Bonchev–Trinajstić information content (AvgIpc) is 2.45. The lowest BCUT2D eigenvalue weighted by atomic mass is 9.89. The molecule has 0 bridgehead atoms. The molecule has 1 aliphatic carbocycles. The lowest BCUT2D eigenvalue weighted by Crippen LogP contribution is -2.31. The average molecular weight is 280 g/mol. The topological polar surface area (TPSA) is 12.0 Å². The highest BCUT2D eigenvalue weighted by Crippen LogP contribution is 2.27. The molecule has 106 valence electrons. The quantitative estimate of drug-likeness (QED) is 0.576. The van der Waals surface area contributed by atoms with E-state index in [-0.39, 0.29) is 0 Å². The third-order valence-corrected chi connectivity index (χ3v) is 4.71. The minimum atomic E-state index is 0.408. The first-order valence-electron chi connectivity index (χ1n) is 7.75. The van der Waals surface area contributed by atoms with Gasteiger partial charge in [0, 0.05) is 5.38 Å². The third-order valence-electron chi connectivity index (χ3n) is 4.13. The van der Waals surface area contributed by atoms with E-state index >= 15 is 0 Å². The zero-order valence-electron chi connectivity index (χ0n) is 11.8. The lowest BCUT2D eigenvalue weighted by Gasteiger charge is -2.27. The summed E-state index contributed by atoms with van der Waals surface area (Å²) in [6.45, 7) is 2.24. The molecule has 2 rings (SSSR count). The number of rotatable bonds is 7. The van der Waals surface area contributed by atoms with E-state index in [1.54, 1.807) is 0 Å². The number of hydrogen-bond donors (Lipinski definition) is 1. The highest BCUT2D eigenvalue weighted by atomic mass is 35.5. The Kier molecular flexibility index (Phi) is 6.73. The number of alkyl halides is 1. The van der Waals surface area contributed by atoms with Crippen LogP contribution >= 0.6 is 11.6 Å². The molecule has 0 spiro atoms. The number of aryl methyl sites for hydroxylation is 1. The Morgan fingerprint density at radius 2 is 1.84 bits per heavy atom. The molecule has 0 saturated heterocycles. The smallest absolute Gasteiger partial charge is 0.0376 e. The van der Waals surface area contributed by atoms with Gasteiger partial charge in [-0.15, -0.1) is 11.6 Å². The Bertz CT molecular complexity index is 338. The molecular weight excluding hydrogens is 254 g/mol. The Labute approximate surface area is 122 Å². The first-order chi connectivity index (χ1) is 9.36. The lowest BCUT2D eigenvalue weighted by molar-refractivity contribution is 0.348. The van der Waals surface area contributed by atoms with Crippen LogP contribution in [0.15, 0.2) is 30.3 Å². The summed E-state index contributed by atoms with van der Waals surface area (Å²) < 4.78 is 0. The van der Waals surface area contributed by atoms with Crippen LogP contribution in [0.1, 0.15) is 44.1 Å². The zero-order valence-corrected chi connectivity index (χ0v) is 12.5. The van der Waals surface area contributed by atoms with E-state index in [1.165, 1.54) is 50.5 Å². The van der Waals surface area contributed by atoms with Crippen LogP contribution in [-0.2, 0) is 6.42 Å². The molecule has 1 nitrogen and oxygen atoms in total. The fourth-order valence-corrected chi connectivity index (χ4v) is 3.27. The summed E-state index contributed by atoms with van der Waals surface area (Å²) in [5.74, 6) is 0.699. The van der Waals surface area contributed by atoms with Crippen LogP contribution in [0.25, 0.3) is 0 Å². The van der Waals surface area contributed by atoms with Gasteiger partial charge in [-0.1, -0.05) is 43.2 Å². The van der Waals surface area contributed by atoms with Gasteiger partial charge in [0.25, 0.3) is 0 Å². The fraction of sp³-hybridized carbons (Fsp3) is 0.647. The first-order valence-corrected chi connectivity index (χ1v) is 8.18. The molecule has 0 radical (unpaired) electrons. The summed E-state index contributed by atoms with van der Waals surface area (Å²) in [6.07, 6.45) is 8.93. The zero-order chi connectivity index (χ0) is 13.3. The Morgan fingerprint density at radius 3 is 2.63 bits per heavy atom. The Morgan fingerprint density at radius 1 is 1.05 bits per heavy atom. The fourth-order valence-electron chi connectivity index (χ4n) is 2.90.